The third-order valence-corrected chi connectivity index (χ3v) is 8.88. The molecular formula is C30H37N5O2S2. The lowest BCUT2D eigenvalue weighted by Crippen LogP contribution is -2.48. The van der Waals surface area contributed by atoms with Gasteiger partial charge in [-0.05, 0) is 44.0 Å². The number of pyridine rings is 1. The van der Waals surface area contributed by atoms with Crippen LogP contribution in [0.2, 0.25) is 0 Å². The van der Waals surface area contributed by atoms with Crippen molar-refractivity contribution in [3.8, 4) is 6.07 Å². The Morgan fingerprint density at radius 2 is 1.67 bits per heavy atom. The highest BCUT2D eigenvalue weighted by atomic mass is 32.2. The Balaban J connectivity index is 1.66. The van der Waals surface area contributed by atoms with Gasteiger partial charge in [0.2, 0.25) is 0 Å². The van der Waals surface area contributed by atoms with Crippen molar-refractivity contribution in [1.29, 1.82) is 5.26 Å². The molecule has 1 aromatic heterocycles. The summed E-state index contributed by atoms with van der Waals surface area (Å²) in [5.74, 6) is 0.684. The fourth-order valence-corrected chi connectivity index (χ4v) is 6.58. The van der Waals surface area contributed by atoms with Crippen molar-refractivity contribution in [3.63, 3.8) is 0 Å². The zero-order valence-corrected chi connectivity index (χ0v) is 24.7. The van der Waals surface area contributed by atoms with Crippen molar-refractivity contribution >= 4 is 51.8 Å². The molecule has 0 radical (unpaired) electrons. The van der Waals surface area contributed by atoms with Gasteiger partial charge in [0.25, 0.3) is 11.5 Å². The molecule has 0 N–H and O–H groups in total. The van der Waals surface area contributed by atoms with Gasteiger partial charge in [0.15, 0.2) is 0 Å². The first kappa shape index (κ1) is 28.9. The van der Waals surface area contributed by atoms with Crippen LogP contribution in [0.3, 0.4) is 0 Å². The lowest BCUT2D eigenvalue weighted by Gasteiger charge is -2.39. The summed E-state index contributed by atoms with van der Waals surface area (Å²) in [7, 11) is 0. The Kier molecular flexibility index (Phi) is 9.87. The smallest absolute Gasteiger partial charge is 0.270 e. The second-order valence-electron chi connectivity index (χ2n) is 9.96. The highest BCUT2D eigenvalue weighted by Gasteiger charge is 2.33. The zero-order valence-electron chi connectivity index (χ0n) is 23.1. The van der Waals surface area contributed by atoms with E-state index in [1.807, 2.05) is 38.1 Å². The summed E-state index contributed by atoms with van der Waals surface area (Å²) < 4.78 is 2.26. The number of nitrogens with zero attached hydrogens (tertiary/aromatic N) is 5. The number of benzene rings is 1. The van der Waals surface area contributed by atoms with Crippen LogP contribution < -0.4 is 15.4 Å². The molecule has 2 aromatic rings. The lowest BCUT2D eigenvalue weighted by atomic mass is 10.0. The van der Waals surface area contributed by atoms with E-state index in [1.165, 1.54) is 30.3 Å². The van der Waals surface area contributed by atoms with Gasteiger partial charge in [0.05, 0.1) is 4.91 Å². The number of amides is 1. The molecule has 9 heteroatoms. The standard InChI is InChI=1S/C30H37N5O2S2/c1-4-6-7-8-12-15-35-29(37)26(39-30(35)38)20-24-22(3)25(21-31)28(36)34(5-2)27(24)33-18-16-32(17-19-33)23-13-10-9-11-14-23/h9-11,13-14,20H,4-8,12,15-19H2,1-3H3/b26-20+. The summed E-state index contributed by atoms with van der Waals surface area (Å²) in [4.78, 5) is 33.6. The summed E-state index contributed by atoms with van der Waals surface area (Å²) in [6, 6.07) is 12.4. The number of nitriles is 1. The van der Waals surface area contributed by atoms with E-state index in [4.69, 9.17) is 12.2 Å². The number of carbonyl (C=O) groups is 1. The molecule has 1 amide bonds. The molecule has 0 atom stereocenters. The molecule has 3 heterocycles. The number of hydrogen-bond acceptors (Lipinski definition) is 7. The van der Waals surface area contributed by atoms with Gasteiger partial charge >= 0.3 is 0 Å². The SMILES string of the molecule is CCCCCCCN1C(=O)/C(=C\c2c(C)c(C#N)c(=O)n(CC)c2N2CCN(c3ccccc3)CC2)SC1=S. The average molecular weight is 564 g/mol. The van der Waals surface area contributed by atoms with E-state index in [1.54, 1.807) is 9.47 Å². The van der Waals surface area contributed by atoms with Gasteiger partial charge in [0.1, 0.15) is 21.8 Å². The maximum absolute atomic E-state index is 13.4. The number of carbonyl (C=O) groups excluding carboxylic acids is 1. The molecule has 0 spiro atoms. The molecule has 2 saturated heterocycles. The number of piperazine rings is 1. The summed E-state index contributed by atoms with van der Waals surface area (Å²) in [6.45, 7) is 10.0. The number of hydrogen-bond donors (Lipinski definition) is 0. The molecule has 0 saturated carbocycles. The topological polar surface area (TPSA) is 72.6 Å². The summed E-state index contributed by atoms with van der Waals surface area (Å²) in [5.41, 5.74) is 2.39. The van der Waals surface area contributed by atoms with Crippen LogP contribution in [0.15, 0.2) is 40.0 Å². The van der Waals surface area contributed by atoms with E-state index in [2.05, 4.69) is 34.9 Å². The number of rotatable bonds is 10. The van der Waals surface area contributed by atoms with Crippen molar-refractivity contribution in [2.24, 2.45) is 0 Å². The minimum Gasteiger partial charge on any atom is -0.368 e. The maximum Gasteiger partial charge on any atom is 0.270 e. The molecule has 0 bridgehead atoms. The van der Waals surface area contributed by atoms with E-state index in [-0.39, 0.29) is 17.0 Å². The second kappa shape index (κ2) is 13.3. The van der Waals surface area contributed by atoms with Gasteiger partial charge in [-0.3, -0.25) is 19.1 Å². The molecule has 0 unspecified atom stereocenters. The number of para-hydroxylation sites is 1. The minimum atomic E-state index is -0.283. The van der Waals surface area contributed by atoms with Crippen molar-refractivity contribution in [2.45, 2.75) is 59.4 Å². The third kappa shape index (κ3) is 6.23. The largest absolute Gasteiger partial charge is 0.368 e. The van der Waals surface area contributed by atoms with Crippen LogP contribution in [0.1, 0.15) is 62.6 Å². The van der Waals surface area contributed by atoms with Crippen LogP contribution in [0.4, 0.5) is 11.5 Å². The number of aromatic nitrogens is 1. The fourth-order valence-electron chi connectivity index (χ4n) is 5.29. The monoisotopic (exact) mass is 563 g/mol. The van der Waals surface area contributed by atoms with Crippen LogP contribution in [0, 0.1) is 18.3 Å². The molecular weight excluding hydrogens is 526 g/mol. The van der Waals surface area contributed by atoms with Gasteiger partial charge in [0, 0.05) is 50.5 Å². The van der Waals surface area contributed by atoms with Gasteiger partial charge < -0.3 is 9.80 Å². The molecule has 2 fully saturated rings. The molecule has 2 aliphatic rings. The Labute approximate surface area is 241 Å². The second-order valence-corrected chi connectivity index (χ2v) is 11.6. The van der Waals surface area contributed by atoms with Gasteiger partial charge in [-0.1, -0.05) is 74.8 Å². The van der Waals surface area contributed by atoms with Crippen LogP contribution in [-0.2, 0) is 11.3 Å². The number of thioether (sulfide) groups is 1. The predicted octanol–water partition coefficient (Wildman–Crippen LogP) is 5.55. The first-order chi connectivity index (χ1) is 18.9. The van der Waals surface area contributed by atoms with Crippen molar-refractivity contribution in [2.75, 3.05) is 42.5 Å². The van der Waals surface area contributed by atoms with E-state index in [0.29, 0.717) is 27.9 Å². The van der Waals surface area contributed by atoms with Crippen LogP contribution >= 0.6 is 24.0 Å². The van der Waals surface area contributed by atoms with E-state index < -0.39 is 0 Å². The average Bonchev–Trinajstić information content (AvgIpc) is 3.22. The first-order valence-electron chi connectivity index (χ1n) is 13.9. The Hall–Kier alpha value is -3.09. The third-order valence-electron chi connectivity index (χ3n) is 7.50. The van der Waals surface area contributed by atoms with E-state index >= 15 is 0 Å². The lowest BCUT2D eigenvalue weighted by molar-refractivity contribution is -0.122. The molecule has 4 rings (SSSR count). The van der Waals surface area contributed by atoms with Crippen molar-refractivity contribution in [3.05, 3.63) is 62.3 Å². The Morgan fingerprint density at radius 3 is 2.31 bits per heavy atom. The van der Waals surface area contributed by atoms with Crippen LogP contribution in [-0.4, -0.2) is 52.4 Å². The van der Waals surface area contributed by atoms with Gasteiger partial charge in [-0.2, -0.15) is 5.26 Å². The summed E-state index contributed by atoms with van der Waals surface area (Å²) >= 11 is 6.89. The van der Waals surface area contributed by atoms with Gasteiger partial charge in [-0.15, -0.1) is 0 Å². The van der Waals surface area contributed by atoms with Crippen LogP contribution in [0.5, 0.6) is 0 Å². The Morgan fingerprint density at radius 1 is 1.00 bits per heavy atom. The number of unbranched alkanes of at least 4 members (excludes halogenated alkanes) is 4. The normalized spacial score (nSPS) is 16.9. The highest BCUT2D eigenvalue weighted by molar-refractivity contribution is 8.26. The zero-order chi connectivity index (χ0) is 27.9. The molecule has 2 aliphatic heterocycles. The molecule has 206 valence electrons. The molecule has 1 aromatic carbocycles. The highest BCUT2D eigenvalue weighted by Crippen LogP contribution is 2.36. The summed E-state index contributed by atoms with van der Waals surface area (Å²) in [6.07, 6.45) is 7.41. The predicted molar refractivity (Wildman–Crippen MR) is 165 cm³/mol. The Bertz CT molecular complexity index is 1340. The maximum atomic E-state index is 13.4. The van der Waals surface area contributed by atoms with E-state index in [9.17, 15) is 14.9 Å². The van der Waals surface area contributed by atoms with E-state index in [0.717, 1.165) is 56.8 Å². The molecule has 39 heavy (non-hydrogen) atoms. The quantitative estimate of drug-likeness (QED) is 0.213. The molecule has 0 aliphatic carbocycles. The summed E-state index contributed by atoms with van der Waals surface area (Å²) in [5, 5.41) is 9.86. The van der Waals surface area contributed by atoms with Crippen molar-refractivity contribution in [1.82, 2.24) is 9.47 Å². The van der Waals surface area contributed by atoms with Crippen molar-refractivity contribution < 1.29 is 4.79 Å². The molecule has 7 nitrogen and oxygen atoms in total. The van der Waals surface area contributed by atoms with Gasteiger partial charge in [-0.25, -0.2) is 0 Å². The fraction of sp³-hybridized carbons (Fsp3) is 0.467. The number of anilines is 2. The number of thiocarbonyl (C=S) groups is 1. The minimum absolute atomic E-state index is 0.0903. The first-order valence-corrected chi connectivity index (χ1v) is 15.1. The van der Waals surface area contributed by atoms with Crippen LogP contribution in [0.25, 0.3) is 6.08 Å².